The predicted octanol–water partition coefficient (Wildman–Crippen LogP) is 4.69. The van der Waals surface area contributed by atoms with E-state index in [1.165, 1.54) is 10.1 Å². The van der Waals surface area contributed by atoms with Gasteiger partial charge in [0.1, 0.15) is 0 Å². The molecule has 1 aromatic carbocycles. The van der Waals surface area contributed by atoms with E-state index in [1.807, 2.05) is 12.1 Å². The summed E-state index contributed by atoms with van der Waals surface area (Å²) in [6.45, 7) is 0. The Morgan fingerprint density at radius 3 is 2.92 bits per heavy atom. The predicted molar refractivity (Wildman–Crippen MR) is 66.3 cm³/mol. The summed E-state index contributed by atoms with van der Waals surface area (Å²) < 4.78 is 3.30. The number of rotatable bonds is 1. The first-order valence-corrected chi connectivity index (χ1v) is 6.28. The lowest BCUT2D eigenvalue weighted by Crippen LogP contribution is -1.77. The van der Waals surface area contributed by atoms with Gasteiger partial charge < -0.3 is 0 Å². The minimum atomic E-state index is 0.542. The van der Waals surface area contributed by atoms with Crippen LogP contribution in [-0.2, 0) is 5.88 Å². The highest BCUT2D eigenvalue weighted by Gasteiger charge is 2.09. The van der Waals surface area contributed by atoms with Gasteiger partial charge in [-0.1, -0.05) is 12.1 Å². The van der Waals surface area contributed by atoms with Crippen molar-refractivity contribution in [3.63, 3.8) is 0 Å². The zero-order chi connectivity index (χ0) is 9.42. The first-order chi connectivity index (χ1) is 6.24. The van der Waals surface area contributed by atoms with Crippen LogP contribution in [0, 0.1) is 0 Å². The molecular weight excluding hydrogens is 288 g/mol. The molecule has 2 aromatic rings. The lowest BCUT2D eigenvalue weighted by Gasteiger charge is -1.97. The standard InChI is InChI=1S/C9H6BrClS2/c10-8-7-5(4-11)2-1-3-6(7)13-9(8)12/h1-3,12H,4H2. The van der Waals surface area contributed by atoms with Crippen molar-refractivity contribution in [2.24, 2.45) is 0 Å². The monoisotopic (exact) mass is 292 g/mol. The lowest BCUT2D eigenvalue weighted by atomic mass is 10.1. The summed E-state index contributed by atoms with van der Waals surface area (Å²) in [7, 11) is 0. The molecule has 68 valence electrons. The zero-order valence-electron chi connectivity index (χ0n) is 6.55. The zero-order valence-corrected chi connectivity index (χ0v) is 10.6. The normalized spacial score (nSPS) is 11.0. The Morgan fingerprint density at radius 1 is 1.46 bits per heavy atom. The van der Waals surface area contributed by atoms with Gasteiger partial charge in [-0.05, 0) is 27.6 Å². The second-order valence-electron chi connectivity index (χ2n) is 2.65. The van der Waals surface area contributed by atoms with Gasteiger partial charge in [-0.15, -0.1) is 35.6 Å². The van der Waals surface area contributed by atoms with E-state index < -0.39 is 0 Å². The third kappa shape index (κ3) is 1.63. The maximum absolute atomic E-state index is 5.85. The van der Waals surface area contributed by atoms with Gasteiger partial charge in [-0.2, -0.15) is 0 Å². The fourth-order valence-corrected chi connectivity index (χ4v) is 3.63. The third-order valence-corrected chi connectivity index (χ3v) is 4.98. The molecule has 0 aliphatic rings. The average Bonchev–Trinajstić information content (AvgIpc) is 2.43. The molecule has 0 saturated carbocycles. The molecule has 0 saturated heterocycles. The van der Waals surface area contributed by atoms with Crippen molar-refractivity contribution in [2.75, 3.05) is 0 Å². The molecule has 13 heavy (non-hydrogen) atoms. The summed E-state index contributed by atoms with van der Waals surface area (Å²) >= 11 is 15.4. The number of fused-ring (bicyclic) bond motifs is 1. The van der Waals surface area contributed by atoms with E-state index in [0.717, 1.165) is 14.2 Å². The number of hydrogen-bond donors (Lipinski definition) is 1. The molecule has 4 heteroatoms. The van der Waals surface area contributed by atoms with Crippen LogP contribution in [0.4, 0.5) is 0 Å². The highest BCUT2D eigenvalue weighted by atomic mass is 79.9. The van der Waals surface area contributed by atoms with Crippen LogP contribution >= 0.6 is 51.5 Å². The molecule has 0 nitrogen and oxygen atoms in total. The van der Waals surface area contributed by atoms with Crippen molar-refractivity contribution < 1.29 is 0 Å². The number of hydrogen-bond acceptors (Lipinski definition) is 2. The van der Waals surface area contributed by atoms with Gasteiger partial charge in [0.15, 0.2) is 0 Å². The summed E-state index contributed by atoms with van der Waals surface area (Å²) in [5.74, 6) is 0.542. The van der Waals surface area contributed by atoms with Crippen LogP contribution in [0.25, 0.3) is 10.1 Å². The van der Waals surface area contributed by atoms with Gasteiger partial charge >= 0.3 is 0 Å². The first kappa shape index (κ1) is 9.84. The highest BCUT2D eigenvalue weighted by Crippen LogP contribution is 2.39. The number of thiophene rings is 1. The molecule has 1 aromatic heterocycles. The quantitative estimate of drug-likeness (QED) is 0.572. The van der Waals surface area contributed by atoms with E-state index in [-0.39, 0.29) is 0 Å². The van der Waals surface area contributed by atoms with Crippen LogP contribution in [0.2, 0.25) is 0 Å². The molecule has 0 radical (unpaired) electrons. The lowest BCUT2D eigenvalue weighted by molar-refractivity contribution is 1.45. The van der Waals surface area contributed by atoms with E-state index in [9.17, 15) is 0 Å². The Bertz CT molecular complexity index is 450. The molecule has 0 atom stereocenters. The van der Waals surface area contributed by atoms with Crippen LogP contribution in [0.3, 0.4) is 0 Å². The molecule has 2 rings (SSSR count). The van der Waals surface area contributed by atoms with Crippen molar-refractivity contribution in [1.82, 2.24) is 0 Å². The summed E-state index contributed by atoms with van der Waals surface area (Å²) in [5.41, 5.74) is 1.16. The summed E-state index contributed by atoms with van der Waals surface area (Å²) in [6.07, 6.45) is 0. The fraction of sp³-hybridized carbons (Fsp3) is 0.111. The maximum atomic E-state index is 5.85. The van der Waals surface area contributed by atoms with Crippen molar-refractivity contribution in [2.45, 2.75) is 10.1 Å². The number of benzene rings is 1. The molecule has 0 aliphatic carbocycles. The van der Waals surface area contributed by atoms with E-state index in [2.05, 4.69) is 34.6 Å². The number of alkyl halides is 1. The van der Waals surface area contributed by atoms with E-state index >= 15 is 0 Å². The first-order valence-electron chi connectivity index (χ1n) is 3.69. The average molecular weight is 294 g/mol. The molecule has 0 spiro atoms. The molecule has 1 heterocycles. The van der Waals surface area contributed by atoms with Gasteiger partial charge in [-0.25, -0.2) is 0 Å². The van der Waals surface area contributed by atoms with E-state index in [4.69, 9.17) is 11.6 Å². The van der Waals surface area contributed by atoms with Gasteiger partial charge in [0.25, 0.3) is 0 Å². The largest absolute Gasteiger partial charge is 0.132 e. The second kappa shape index (κ2) is 3.81. The van der Waals surface area contributed by atoms with E-state index in [0.29, 0.717) is 5.88 Å². The van der Waals surface area contributed by atoms with E-state index in [1.54, 1.807) is 11.3 Å². The van der Waals surface area contributed by atoms with Crippen molar-refractivity contribution in [3.05, 3.63) is 28.2 Å². The molecule has 0 unspecified atom stereocenters. The molecular formula is C9H6BrClS2. The minimum Gasteiger partial charge on any atom is -0.132 e. The van der Waals surface area contributed by atoms with Crippen LogP contribution in [0.1, 0.15) is 5.56 Å². The maximum Gasteiger partial charge on any atom is 0.0723 e. The molecule has 0 amide bonds. The Labute approximate surface area is 99.4 Å². The number of thiol groups is 1. The minimum absolute atomic E-state index is 0.542. The molecule has 0 bridgehead atoms. The topological polar surface area (TPSA) is 0 Å². The van der Waals surface area contributed by atoms with Crippen LogP contribution in [0.15, 0.2) is 26.9 Å². The molecule has 0 N–H and O–H groups in total. The Hall–Kier alpha value is 0.300. The SMILES string of the molecule is Sc1sc2cccc(CCl)c2c1Br. The summed E-state index contributed by atoms with van der Waals surface area (Å²) in [5, 5.41) is 1.20. The fourth-order valence-electron chi connectivity index (χ4n) is 1.28. The van der Waals surface area contributed by atoms with Crippen molar-refractivity contribution >= 4 is 61.6 Å². The smallest absolute Gasteiger partial charge is 0.0723 e. The van der Waals surface area contributed by atoms with Crippen LogP contribution < -0.4 is 0 Å². The van der Waals surface area contributed by atoms with Crippen LogP contribution in [0.5, 0.6) is 0 Å². The summed E-state index contributed by atoms with van der Waals surface area (Å²) in [6, 6.07) is 6.15. The summed E-state index contributed by atoms with van der Waals surface area (Å²) in [4.78, 5) is 0. The highest BCUT2D eigenvalue weighted by molar-refractivity contribution is 9.10. The number of halogens is 2. The molecule has 0 fully saturated rings. The molecule has 0 aliphatic heterocycles. The van der Waals surface area contributed by atoms with Crippen molar-refractivity contribution in [1.29, 1.82) is 0 Å². The second-order valence-corrected chi connectivity index (χ2v) is 5.51. The van der Waals surface area contributed by atoms with Gasteiger partial charge in [0.05, 0.1) is 4.21 Å². The van der Waals surface area contributed by atoms with Crippen molar-refractivity contribution in [3.8, 4) is 0 Å². The van der Waals surface area contributed by atoms with Gasteiger partial charge in [0.2, 0.25) is 0 Å². The van der Waals surface area contributed by atoms with Gasteiger partial charge in [0, 0.05) is 20.4 Å². The third-order valence-electron chi connectivity index (χ3n) is 1.87. The Kier molecular flexibility index (Phi) is 2.88. The van der Waals surface area contributed by atoms with Gasteiger partial charge in [-0.3, -0.25) is 0 Å². The Balaban J connectivity index is 2.87. The van der Waals surface area contributed by atoms with Crippen LogP contribution in [-0.4, -0.2) is 0 Å². The Morgan fingerprint density at radius 2 is 2.23 bits per heavy atom.